The maximum Gasteiger partial charge on any atom is 0.248 e. The molecule has 0 aliphatic heterocycles. The van der Waals surface area contributed by atoms with Crippen molar-refractivity contribution in [3.63, 3.8) is 0 Å². The Labute approximate surface area is 120 Å². The molecule has 20 heavy (non-hydrogen) atoms. The lowest BCUT2D eigenvalue weighted by atomic mass is 9.74. The maximum atomic E-state index is 11.0. The second kappa shape index (κ2) is 6.86. The van der Waals surface area contributed by atoms with Gasteiger partial charge in [0.1, 0.15) is 0 Å². The van der Waals surface area contributed by atoms with Crippen molar-refractivity contribution >= 4 is 5.91 Å². The van der Waals surface area contributed by atoms with Crippen LogP contribution < -0.4 is 11.1 Å². The van der Waals surface area contributed by atoms with Crippen molar-refractivity contribution in [2.75, 3.05) is 13.2 Å². The van der Waals surface area contributed by atoms with E-state index in [9.17, 15) is 9.90 Å². The highest BCUT2D eigenvalue weighted by atomic mass is 16.3. The number of carbonyl (C=O) groups is 1. The number of hydrogen-bond donors (Lipinski definition) is 3. The van der Waals surface area contributed by atoms with Crippen LogP contribution in [-0.2, 0) is 6.54 Å². The van der Waals surface area contributed by atoms with Gasteiger partial charge in [-0.15, -0.1) is 0 Å². The maximum absolute atomic E-state index is 11.0. The van der Waals surface area contributed by atoms with E-state index < -0.39 is 5.91 Å². The third kappa shape index (κ3) is 3.81. The van der Waals surface area contributed by atoms with Crippen LogP contribution in [-0.4, -0.2) is 24.2 Å². The number of nitrogens with one attached hydrogen (secondary N) is 1. The second-order valence-corrected chi connectivity index (χ2v) is 5.88. The molecule has 1 aromatic carbocycles. The molecule has 0 bridgehead atoms. The minimum absolute atomic E-state index is 0.0609. The molecule has 0 aromatic heterocycles. The lowest BCUT2D eigenvalue weighted by Crippen LogP contribution is -2.38. The van der Waals surface area contributed by atoms with Crippen LogP contribution in [0.4, 0.5) is 0 Å². The quantitative estimate of drug-likeness (QED) is 0.742. The highest BCUT2D eigenvalue weighted by Gasteiger charge is 2.30. The standard InChI is InChI=1S/C16H24N2O2/c17-15(20)14-6-4-13(5-7-14)10-18-11-16(12-19)8-2-1-3-9-16/h4-7,18-19H,1-3,8-12H2,(H2,17,20). The topological polar surface area (TPSA) is 75.4 Å². The molecule has 1 aromatic rings. The highest BCUT2D eigenvalue weighted by molar-refractivity contribution is 5.92. The van der Waals surface area contributed by atoms with Crippen LogP contribution >= 0.6 is 0 Å². The molecule has 0 atom stereocenters. The summed E-state index contributed by atoms with van der Waals surface area (Å²) in [6, 6.07) is 7.34. The number of carbonyl (C=O) groups excluding carboxylic acids is 1. The molecule has 0 saturated heterocycles. The number of primary amides is 1. The van der Waals surface area contributed by atoms with Gasteiger partial charge in [-0.2, -0.15) is 0 Å². The van der Waals surface area contributed by atoms with Gasteiger partial charge in [-0.25, -0.2) is 0 Å². The zero-order valence-electron chi connectivity index (χ0n) is 11.9. The zero-order valence-corrected chi connectivity index (χ0v) is 11.9. The van der Waals surface area contributed by atoms with E-state index in [4.69, 9.17) is 5.73 Å². The number of hydrogen-bond acceptors (Lipinski definition) is 3. The predicted molar refractivity (Wildman–Crippen MR) is 79.3 cm³/mol. The number of amides is 1. The van der Waals surface area contributed by atoms with E-state index in [1.807, 2.05) is 12.1 Å². The van der Waals surface area contributed by atoms with Crippen molar-refractivity contribution in [1.29, 1.82) is 0 Å². The van der Waals surface area contributed by atoms with Crippen molar-refractivity contribution in [2.45, 2.75) is 38.6 Å². The summed E-state index contributed by atoms with van der Waals surface area (Å²) in [5.41, 5.74) is 6.93. The molecular formula is C16H24N2O2. The molecule has 0 heterocycles. The van der Waals surface area contributed by atoms with E-state index in [1.54, 1.807) is 12.1 Å². The molecule has 4 nitrogen and oxygen atoms in total. The number of aliphatic hydroxyl groups excluding tert-OH is 1. The smallest absolute Gasteiger partial charge is 0.248 e. The fraction of sp³-hybridized carbons (Fsp3) is 0.562. The Balaban J connectivity index is 1.84. The fourth-order valence-electron chi connectivity index (χ4n) is 2.95. The van der Waals surface area contributed by atoms with Crippen molar-refractivity contribution < 1.29 is 9.90 Å². The Hall–Kier alpha value is -1.39. The van der Waals surface area contributed by atoms with Gasteiger partial charge in [-0.1, -0.05) is 31.4 Å². The van der Waals surface area contributed by atoms with E-state index >= 15 is 0 Å². The summed E-state index contributed by atoms with van der Waals surface area (Å²) in [6.45, 7) is 1.86. The molecule has 0 radical (unpaired) electrons. The lowest BCUT2D eigenvalue weighted by Gasteiger charge is -2.35. The Kier molecular flexibility index (Phi) is 5.15. The Morgan fingerprint density at radius 2 is 1.85 bits per heavy atom. The average Bonchev–Trinajstić information content (AvgIpc) is 2.49. The molecule has 1 amide bonds. The van der Waals surface area contributed by atoms with Gasteiger partial charge in [0.2, 0.25) is 5.91 Å². The van der Waals surface area contributed by atoms with Gasteiger partial charge in [0, 0.05) is 30.7 Å². The normalized spacial score (nSPS) is 17.9. The van der Waals surface area contributed by atoms with Gasteiger partial charge >= 0.3 is 0 Å². The molecule has 0 unspecified atom stereocenters. The summed E-state index contributed by atoms with van der Waals surface area (Å²) in [4.78, 5) is 11.0. The monoisotopic (exact) mass is 276 g/mol. The van der Waals surface area contributed by atoms with E-state index in [-0.39, 0.29) is 12.0 Å². The van der Waals surface area contributed by atoms with Crippen LogP contribution in [0.15, 0.2) is 24.3 Å². The van der Waals surface area contributed by atoms with E-state index in [2.05, 4.69) is 5.32 Å². The Morgan fingerprint density at radius 1 is 1.20 bits per heavy atom. The molecule has 1 saturated carbocycles. The largest absolute Gasteiger partial charge is 0.396 e. The van der Waals surface area contributed by atoms with Crippen LogP contribution in [0, 0.1) is 5.41 Å². The summed E-state index contributed by atoms with van der Waals surface area (Å²) in [6.07, 6.45) is 5.94. The minimum Gasteiger partial charge on any atom is -0.396 e. The first-order chi connectivity index (χ1) is 9.65. The molecular weight excluding hydrogens is 252 g/mol. The summed E-state index contributed by atoms with van der Waals surface area (Å²) < 4.78 is 0. The first-order valence-corrected chi connectivity index (χ1v) is 7.36. The van der Waals surface area contributed by atoms with Gasteiger partial charge in [0.15, 0.2) is 0 Å². The summed E-state index contributed by atoms with van der Waals surface area (Å²) in [7, 11) is 0. The van der Waals surface area contributed by atoms with Gasteiger partial charge in [0.05, 0.1) is 0 Å². The van der Waals surface area contributed by atoms with E-state index in [0.29, 0.717) is 5.56 Å². The molecule has 0 spiro atoms. The fourth-order valence-corrected chi connectivity index (χ4v) is 2.95. The van der Waals surface area contributed by atoms with Gasteiger partial charge < -0.3 is 16.2 Å². The molecule has 1 fully saturated rings. The number of benzene rings is 1. The Morgan fingerprint density at radius 3 is 2.40 bits per heavy atom. The molecule has 1 aliphatic rings. The zero-order chi connectivity index (χ0) is 14.4. The van der Waals surface area contributed by atoms with Crippen molar-refractivity contribution in [3.8, 4) is 0 Å². The van der Waals surface area contributed by atoms with Crippen LogP contribution in [0.3, 0.4) is 0 Å². The van der Waals surface area contributed by atoms with Crippen molar-refractivity contribution in [2.24, 2.45) is 11.1 Å². The first kappa shape index (κ1) is 15.0. The average molecular weight is 276 g/mol. The van der Waals surface area contributed by atoms with Crippen LogP contribution in [0.1, 0.15) is 48.0 Å². The third-order valence-electron chi connectivity index (χ3n) is 4.32. The molecule has 110 valence electrons. The minimum atomic E-state index is -0.397. The summed E-state index contributed by atoms with van der Waals surface area (Å²) in [5, 5.41) is 13.1. The number of rotatable bonds is 6. The van der Waals surface area contributed by atoms with Crippen molar-refractivity contribution in [3.05, 3.63) is 35.4 Å². The molecule has 2 rings (SSSR count). The summed E-state index contributed by atoms with van der Waals surface area (Å²) >= 11 is 0. The summed E-state index contributed by atoms with van der Waals surface area (Å²) in [5.74, 6) is -0.397. The SMILES string of the molecule is NC(=O)c1ccc(CNCC2(CO)CCCCC2)cc1. The molecule has 1 aliphatic carbocycles. The van der Waals surface area contributed by atoms with Gasteiger partial charge in [-0.05, 0) is 30.5 Å². The lowest BCUT2D eigenvalue weighted by molar-refractivity contribution is 0.0810. The van der Waals surface area contributed by atoms with Crippen LogP contribution in [0.5, 0.6) is 0 Å². The van der Waals surface area contributed by atoms with E-state index in [1.165, 1.54) is 19.3 Å². The van der Waals surface area contributed by atoms with Crippen LogP contribution in [0.2, 0.25) is 0 Å². The highest BCUT2D eigenvalue weighted by Crippen LogP contribution is 2.35. The molecule has 4 N–H and O–H groups in total. The van der Waals surface area contributed by atoms with Crippen LogP contribution in [0.25, 0.3) is 0 Å². The Bertz CT molecular complexity index is 436. The third-order valence-corrected chi connectivity index (χ3v) is 4.32. The van der Waals surface area contributed by atoms with E-state index in [0.717, 1.165) is 31.5 Å². The van der Waals surface area contributed by atoms with Gasteiger partial charge in [-0.3, -0.25) is 4.79 Å². The number of aliphatic hydroxyl groups is 1. The van der Waals surface area contributed by atoms with Crippen molar-refractivity contribution in [1.82, 2.24) is 5.32 Å². The first-order valence-electron chi connectivity index (χ1n) is 7.36. The van der Waals surface area contributed by atoms with Gasteiger partial charge in [0.25, 0.3) is 0 Å². The molecule has 4 heteroatoms. The predicted octanol–water partition coefficient (Wildman–Crippen LogP) is 1.82. The second-order valence-electron chi connectivity index (χ2n) is 5.88. The number of nitrogens with two attached hydrogens (primary N) is 1.